The Morgan fingerprint density at radius 2 is 1.93 bits per heavy atom. The summed E-state index contributed by atoms with van der Waals surface area (Å²) in [7, 11) is 0. The summed E-state index contributed by atoms with van der Waals surface area (Å²) in [5.41, 5.74) is 6.53. The van der Waals surface area contributed by atoms with Crippen LogP contribution >= 0.6 is 0 Å². The van der Waals surface area contributed by atoms with Gasteiger partial charge < -0.3 is 21.4 Å². The summed E-state index contributed by atoms with van der Waals surface area (Å²) in [5, 5.41) is 18.9. The number of hydrogen-bond donors (Lipinski definition) is 5. The monoisotopic (exact) mass is 219 g/mol. The van der Waals surface area contributed by atoms with Gasteiger partial charge in [0.05, 0.1) is 6.42 Å². The number of carbonyl (C=O) groups is 3. The van der Waals surface area contributed by atoms with E-state index < -0.39 is 36.3 Å². The molecule has 6 N–H and O–H groups in total. The minimum Gasteiger partial charge on any atom is -0.481 e. The number of hydrogen-bond acceptors (Lipinski definition) is 5. The van der Waals surface area contributed by atoms with Gasteiger partial charge in [0.25, 0.3) is 0 Å². The molecule has 0 spiro atoms. The van der Waals surface area contributed by atoms with Crippen molar-refractivity contribution < 1.29 is 24.7 Å². The summed E-state index contributed by atoms with van der Waals surface area (Å²) in [6.45, 7) is 1.33. The number of carboxylic acid groups (broad SMARTS) is 1. The topological polar surface area (TPSA) is 142 Å². The first-order valence-electron chi connectivity index (χ1n) is 4.09. The van der Waals surface area contributed by atoms with Crippen LogP contribution < -0.4 is 16.5 Å². The van der Waals surface area contributed by atoms with Crippen molar-refractivity contribution in [1.29, 1.82) is 0 Å². The molecule has 2 atom stereocenters. The van der Waals surface area contributed by atoms with Gasteiger partial charge in [0.1, 0.15) is 12.1 Å². The lowest BCUT2D eigenvalue weighted by atomic mass is 10.2. The molecular weight excluding hydrogens is 206 g/mol. The molecule has 2 amide bonds. The molecule has 0 bridgehead atoms. The summed E-state index contributed by atoms with van der Waals surface area (Å²) < 4.78 is 0. The largest absolute Gasteiger partial charge is 0.481 e. The Balaban J connectivity index is 4.35. The molecule has 8 nitrogen and oxygen atoms in total. The summed E-state index contributed by atoms with van der Waals surface area (Å²) in [4.78, 5) is 32.2. The quantitative estimate of drug-likeness (QED) is 0.321. The average molecular weight is 219 g/mol. The maximum atomic E-state index is 11.1. The minimum absolute atomic E-state index is 0.598. The van der Waals surface area contributed by atoms with Gasteiger partial charge in [-0.05, 0) is 6.92 Å². The fourth-order valence-corrected chi connectivity index (χ4v) is 0.753. The normalized spacial score (nSPS) is 14.0. The first-order chi connectivity index (χ1) is 6.88. The van der Waals surface area contributed by atoms with E-state index in [4.69, 9.17) is 16.0 Å². The van der Waals surface area contributed by atoms with Gasteiger partial charge >= 0.3 is 5.97 Å². The number of aliphatic carboxylic acids is 1. The number of primary amides is 1. The zero-order valence-electron chi connectivity index (χ0n) is 8.06. The third-order valence-corrected chi connectivity index (χ3v) is 1.63. The Bertz CT molecular complexity index is 267. The molecule has 0 aromatic rings. The fourth-order valence-electron chi connectivity index (χ4n) is 0.753. The van der Waals surface area contributed by atoms with Crippen LogP contribution in [0.25, 0.3) is 0 Å². The second-order valence-corrected chi connectivity index (χ2v) is 2.91. The minimum atomic E-state index is -1.29. The van der Waals surface area contributed by atoms with Gasteiger partial charge in [0, 0.05) is 0 Å². The molecule has 0 aliphatic rings. The smallest absolute Gasteiger partial charge is 0.305 e. The van der Waals surface area contributed by atoms with Crippen LogP contribution in [0.4, 0.5) is 0 Å². The number of nitrogens with one attached hydrogen (secondary N) is 2. The van der Waals surface area contributed by atoms with E-state index in [2.05, 4.69) is 5.32 Å². The van der Waals surface area contributed by atoms with Crippen molar-refractivity contribution in [3.8, 4) is 0 Å². The van der Waals surface area contributed by atoms with Crippen molar-refractivity contribution in [2.24, 2.45) is 5.73 Å². The van der Waals surface area contributed by atoms with Crippen LogP contribution in [-0.2, 0) is 14.4 Å². The van der Waals surface area contributed by atoms with Crippen molar-refractivity contribution in [3.05, 3.63) is 0 Å². The predicted molar refractivity (Wildman–Crippen MR) is 47.8 cm³/mol. The first kappa shape index (κ1) is 13.3. The highest BCUT2D eigenvalue weighted by Gasteiger charge is 2.23. The molecule has 0 radical (unpaired) electrons. The lowest BCUT2D eigenvalue weighted by Gasteiger charge is -2.15. The van der Waals surface area contributed by atoms with Crippen LogP contribution in [0.3, 0.4) is 0 Å². The number of nitrogens with two attached hydrogens (primary N) is 1. The predicted octanol–water partition coefficient (Wildman–Crippen LogP) is -2.20. The molecular formula is C7H13N3O5. The Kier molecular flexibility index (Phi) is 5.27. The highest BCUT2D eigenvalue weighted by molar-refractivity contribution is 5.91. The maximum absolute atomic E-state index is 11.1. The molecule has 0 rings (SSSR count). The van der Waals surface area contributed by atoms with Crippen LogP contribution in [0.1, 0.15) is 13.3 Å². The standard InChI is InChI=1S/C7H13N3O5/c1-3(10-15)7(14)9-4(6(8)13)2-5(11)12/h3-4,10,15H,2H2,1H3,(H2,8,13)(H,9,14)(H,11,12)/t3-,4-/m0/s1. The second-order valence-electron chi connectivity index (χ2n) is 2.91. The van der Waals surface area contributed by atoms with Crippen LogP contribution in [-0.4, -0.2) is 40.2 Å². The molecule has 0 saturated carbocycles. The molecule has 0 saturated heterocycles. The molecule has 86 valence electrons. The number of carbonyl (C=O) groups excluding carboxylic acids is 2. The van der Waals surface area contributed by atoms with Crippen molar-refractivity contribution in [3.63, 3.8) is 0 Å². The Morgan fingerprint density at radius 1 is 1.40 bits per heavy atom. The maximum Gasteiger partial charge on any atom is 0.305 e. The number of amides is 2. The summed E-state index contributed by atoms with van der Waals surface area (Å²) in [5.74, 6) is -2.93. The first-order valence-corrected chi connectivity index (χ1v) is 4.09. The third kappa shape index (κ3) is 4.93. The van der Waals surface area contributed by atoms with Crippen LogP contribution in [0.5, 0.6) is 0 Å². The highest BCUT2D eigenvalue weighted by Crippen LogP contribution is 1.93. The number of hydroxylamine groups is 1. The molecule has 0 aromatic heterocycles. The SMILES string of the molecule is C[C@H](NO)C(=O)N[C@@H](CC(=O)O)C(N)=O. The lowest BCUT2D eigenvalue weighted by Crippen LogP contribution is -2.51. The molecule has 0 fully saturated rings. The van der Waals surface area contributed by atoms with Crippen molar-refractivity contribution in [1.82, 2.24) is 10.8 Å². The van der Waals surface area contributed by atoms with E-state index >= 15 is 0 Å². The molecule has 0 unspecified atom stereocenters. The molecule has 0 aliphatic heterocycles. The Hall–Kier alpha value is -1.67. The highest BCUT2D eigenvalue weighted by atomic mass is 16.5. The Morgan fingerprint density at radius 3 is 2.27 bits per heavy atom. The van der Waals surface area contributed by atoms with Crippen LogP contribution in [0.2, 0.25) is 0 Å². The third-order valence-electron chi connectivity index (χ3n) is 1.63. The van der Waals surface area contributed by atoms with Crippen molar-refractivity contribution >= 4 is 17.8 Å². The van der Waals surface area contributed by atoms with Gasteiger partial charge in [-0.3, -0.25) is 14.4 Å². The van der Waals surface area contributed by atoms with Gasteiger partial charge in [0.15, 0.2) is 0 Å². The van der Waals surface area contributed by atoms with E-state index in [0.717, 1.165) is 0 Å². The summed E-state index contributed by atoms with van der Waals surface area (Å²) in [6.07, 6.45) is -0.598. The van der Waals surface area contributed by atoms with E-state index in [1.807, 2.05) is 0 Å². The molecule has 0 aromatic carbocycles. The van der Waals surface area contributed by atoms with E-state index in [0.29, 0.717) is 0 Å². The average Bonchev–Trinajstić information content (AvgIpc) is 2.14. The van der Waals surface area contributed by atoms with E-state index in [1.54, 1.807) is 5.48 Å². The molecule has 0 aliphatic carbocycles. The van der Waals surface area contributed by atoms with E-state index in [-0.39, 0.29) is 0 Å². The summed E-state index contributed by atoms with van der Waals surface area (Å²) in [6, 6.07) is -2.24. The Labute approximate surface area is 85.4 Å². The number of rotatable bonds is 6. The molecule has 8 heteroatoms. The number of carboxylic acids is 1. The van der Waals surface area contributed by atoms with Crippen molar-refractivity contribution in [2.75, 3.05) is 0 Å². The van der Waals surface area contributed by atoms with E-state index in [9.17, 15) is 14.4 Å². The molecule has 0 heterocycles. The van der Waals surface area contributed by atoms with E-state index in [1.165, 1.54) is 6.92 Å². The van der Waals surface area contributed by atoms with Gasteiger partial charge in [-0.1, -0.05) is 0 Å². The summed E-state index contributed by atoms with van der Waals surface area (Å²) >= 11 is 0. The van der Waals surface area contributed by atoms with Gasteiger partial charge in [-0.2, -0.15) is 5.48 Å². The zero-order valence-corrected chi connectivity index (χ0v) is 8.06. The van der Waals surface area contributed by atoms with Crippen LogP contribution in [0.15, 0.2) is 0 Å². The second kappa shape index (κ2) is 5.94. The van der Waals surface area contributed by atoms with Crippen LogP contribution in [0, 0.1) is 0 Å². The lowest BCUT2D eigenvalue weighted by molar-refractivity contribution is -0.140. The molecule has 15 heavy (non-hydrogen) atoms. The van der Waals surface area contributed by atoms with Gasteiger partial charge in [0.2, 0.25) is 11.8 Å². The fraction of sp³-hybridized carbons (Fsp3) is 0.571. The zero-order chi connectivity index (χ0) is 12.0. The van der Waals surface area contributed by atoms with Gasteiger partial charge in [-0.25, -0.2) is 0 Å². The van der Waals surface area contributed by atoms with Gasteiger partial charge in [-0.15, -0.1) is 0 Å². The van der Waals surface area contributed by atoms with Crippen molar-refractivity contribution in [2.45, 2.75) is 25.4 Å².